The van der Waals surface area contributed by atoms with Crippen molar-refractivity contribution in [1.29, 1.82) is 5.26 Å². The fourth-order valence-corrected chi connectivity index (χ4v) is 3.79. The van der Waals surface area contributed by atoms with Crippen LogP contribution in [0.15, 0.2) is 40.9 Å². The minimum atomic E-state index is -0.0244. The highest BCUT2D eigenvalue weighted by atomic mass is 16.5. The van der Waals surface area contributed by atoms with Gasteiger partial charge >= 0.3 is 0 Å². The third-order valence-corrected chi connectivity index (χ3v) is 5.53. The predicted octanol–water partition coefficient (Wildman–Crippen LogP) is 2.95. The van der Waals surface area contributed by atoms with Gasteiger partial charge in [-0.05, 0) is 54.7 Å². The number of aromatic nitrogens is 2. The molecule has 1 aliphatic rings. The zero-order valence-corrected chi connectivity index (χ0v) is 18.0. The number of hydrogen-bond acceptors (Lipinski definition) is 7. The minimum absolute atomic E-state index is 0.0244. The van der Waals surface area contributed by atoms with E-state index in [2.05, 4.69) is 28.3 Å². The number of ether oxygens (including phenoxy) is 1. The van der Waals surface area contributed by atoms with E-state index >= 15 is 0 Å². The highest BCUT2D eigenvalue weighted by Gasteiger charge is 2.19. The van der Waals surface area contributed by atoms with Gasteiger partial charge in [-0.25, -0.2) is 0 Å². The lowest BCUT2D eigenvalue weighted by molar-refractivity contribution is -0.129. The van der Waals surface area contributed by atoms with Gasteiger partial charge in [-0.2, -0.15) is 10.2 Å². The van der Waals surface area contributed by atoms with E-state index < -0.39 is 0 Å². The fraction of sp³-hybridized carbons (Fsp3) is 0.333. The molecule has 2 aromatic carbocycles. The van der Waals surface area contributed by atoms with Crippen LogP contribution in [-0.4, -0.2) is 47.2 Å². The second-order valence-corrected chi connectivity index (χ2v) is 7.66. The molecule has 1 aliphatic heterocycles. The number of rotatable bonds is 6. The Bertz CT molecular complexity index is 1160. The molecule has 2 N–H and O–H groups in total. The number of nitriles is 1. The van der Waals surface area contributed by atoms with Crippen molar-refractivity contribution in [1.82, 2.24) is 15.0 Å². The van der Waals surface area contributed by atoms with Gasteiger partial charge in [0.2, 0.25) is 11.7 Å². The molecular formula is C24H25N5O3. The first-order valence-corrected chi connectivity index (χ1v) is 10.7. The monoisotopic (exact) mass is 431 g/mol. The summed E-state index contributed by atoms with van der Waals surface area (Å²) in [5.41, 5.74) is 9.84. The molecule has 0 saturated carbocycles. The number of nitrogens with zero attached hydrogens (tertiary/aromatic N) is 4. The van der Waals surface area contributed by atoms with Crippen molar-refractivity contribution in [3.63, 3.8) is 0 Å². The van der Waals surface area contributed by atoms with Crippen molar-refractivity contribution >= 4 is 5.91 Å². The second kappa shape index (κ2) is 9.62. The number of hydrogen-bond donors (Lipinski definition) is 1. The molecule has 0 bridgehead atoms. The third kappa shape index (κ3) is 4.48. The molecule has 1 aromatic heterocycles. The summed E-state index contributed by atoms with van der Waals surface area (Å²) in [6, 6.07) is 13.5. The van der Waals surface area contributed by atoms with Crippen LogP contribution in [0.4, 0.5) is 0 Å². The Hall–Kier alpha value is -3.70. The van der Waals surface area contributed by atoms with E-state index in [0.717, 1.165) is 24.8 Å². The molecule has 32 heavy (non-hydrogen) atoms. The molecule has 4 rings (SSSR count). The number of benzene rings is 2. The Labute approximate surface area is 186 Å². The maximum atomic E-state index is 12.0. The van der Waals surface area contributed by atoms with Crippen LogP contribution in [0.25, 0.3) is 22.8 Å². The van der Waals surface area contributed by atoms with Crippen molar-refractivity contribution < 1.29 is 14.1 Å². The van der Waals surface area contributed by atoms with Gasteiger partial charge in [0.15, 0.2) is 0 Å². The highest BCUT2D eigenvalue weighted by Crippen LogP contribution is 2.28. The van der Waals surface area contributed by atoms with Crippen LogP contribution in [0.1, 0.15) is 30.0 Å². The Balaban J connectivity index is 1.56. The number of carbonyl (C=O) groups excluding carboxylic acids is 1. The van der Waals surface area contributed by atoms with E-state index in [1.165, 1.54) is 11.1 Å². The SMILES string of the molecule is CCCOc1ccc(-c2nc(-c3ccc4c(c3)CCN(C(=O)CN)CC4)no2)cc1C#N. The molecular weight excluding hydrogens is 406 g/mol. The van der Waals surface area contributed by atoms with Crippen LogP contribution in [0.3, 0.4) is 0 Å². The number of amides is 1. The maximum absolute atomic E-state index is 12.0. The van der Waals surface area contributed by atoms with Gasteiger partial charge in [-0.3, -0.25) is 4.79 Å². The van der Waals surface area contributed by atoms with Crippen molar-refractivity contribution in [2.45, 2.75) is 26.2 Å². The Morgan fingerprint density at radius 2 is 1.97 bits per heavy atom. The van der Waals surface area contributed by atoms with E-state index in [1.807, 2.05) is 24.0 Å². The van der Waals surface area contributed by atoms with Crippen LogP contribution >= 0.6 is 0 Å². The first kappa shape index (κ1) is 21.5. The lowest BCUT2D eigenvalue weighted by atomic mass is 10.00. The molecule has 164 valence electrons. The topological polar surface area (TPSA) is 118 Å². The lowest BCUT2D eigenvalue weighted by Gasteiger charge is -2.18. The van der Waals surface area contributed by atoms with Gasteiger partial charge in [0, 0.05) is 24.2 Å². The summed E-state index contributed by atoms with van der Waals surface area (Å²) in [5, 5.41) is 13.6. The van der Waals surface area contributed by atoms with E-state index in [-0.39, 0.29) is 12.5 Å². The van der Waals surface area contributed by atoms with Crippen molar-refractivity contribution in [2.75, 3.05) is 26.2 Å². The average molecular weight is 431 g/mol. The smallest absolute Gasteiger partial charge is 0.258 e. The lowest BCUT2D eigenvalue weighted by Crippen LogP contribution is -2.37. The molecule has 0 radical (unpaired) electrons. The Morgan fingerprint density at radius 3 is 2.72 bits per heavy atom. The summed E-state index contributed by atoms with van der Waals surface area (Å²) < 4.78 is 11.1. The van der Waals surface area contributed by atoms with E-state index in [0.29, 0.717) is 48.3 Å². The molecule has 0 aliphatic carbocycles. The molecule has 3 aromatic rings. The molecule has 2 heterocycles. The predicted molar refractivity (Wildman–Crippen MR) is 119 cm³/mol. The largest absolute Gasteiger partial charge is 0.492 e. The van der Waals surface area contributed by atoms with Crippen LogP contribution in [0.5, 0.6) is 5.75 Å². The molecule has 0 atom stereocenters. The number of carbonyl (C=O) groups is 1. The minimum Gasteiger partial charge on any atom is -0.492 e. The quantitative estimate of drug-likeness (QED) is 0.637. The van der Waals surface area contributed by atoms with Crippen LogP contribution in [0.2, 0.25) is 0 Å². The molecule has 0 saturated heterocycles. The van der Waals surface area contributed by atoms with Gasteiger partial charge in [0.25, 0.3) is 5.89 Å². The Morgan fingerprint density at radius 1 is 1.19 bits per heavy atom. The molecule has 0 spiro atoms. The molecule has 0 fully saturated rings. The van der Waals surface area contributed by atoms with Crippen molar-refractivity contribution in [3.05, 3.63) is 53.1 Å². The zero-order chi connectivity index (χ0) is 22.5. The van der Waals surface area contributed by atoms with Crippen LogP contribution in [0, 0.1) is 11.3 Å². The normalized spacial score (nSPS) is 13.2. The maximum Gasteiger partial charge on any atom is 0.258 e. The third-order valence-electron chi connectivity index (χ3n) is 5.53. The van der Waals surface area contributed by atoms with Gasteiger partial charge in [0.05, 0.1) is 18.7 Å². The van der Waals surface area contributed by atoms with Crippen molar-refractivity contribution in [2.24, 2.45) is 5.73 Å². The van der Waals surface area contributed by atoms with E-state index in [1.54, 1.807) is 12.1 Å². The highest BCUT2D eigenvalue weighted by molar-refractivity contribution is 5.78. The van der Waals surface area contributed by atoms with Gasteiger partial charge < -0.3 is 19.9 Å². The molecule has 1 amide bonds. The number of nitrogens with two attached hydrogens (primary N) is 1. The van der Waals surface area contributed by atoms with Gasteiger partial charge in [0.1, 0.15) is 11.8 Å². The van der Waals surface area contributed by atoms with Crippen LogP contribution < -0.4 is 10.5 Å². The standard InChI is InChI=1S/C24H25N5O3/c1-2-11-31-21-6-5-19(13-20(21)14-25)24-27-23(28-32-24)18-4-3-16-7-9-29(22(30)15-26)10-8-17(16)12-18/h3-6,12-13H,2,7-11,15,26H2,1H3. The molecule has 8 heteroatoms. The van der Waals surface area contributed by atoms with Crippen LogP contribution in [-0.2, 0) is 17.6 Å². The summed E-state index contributed by atoms with van der Waals surface area (Å²) in [6.45, 7) is 3.92. The first-order valence-electron chi connectivity index (χ1n) is 10.7. The number of fused-ring (bicyclic) bond motifs is 1. The average Bonchev–Trinajstić information content (AvgIpc) is 3.23. The van der Waals surface area contributed by atoms with Crippen molar-refractivity contribution in [3.8, 4) is 34.7 Å². The summed E-state index contributed by atoms with van der Waals surface area (Å²) in [5.74, 6) is 1.34. The van der Waals surface area contributed by atoms with E-state index in [9.17, 15) is 10.1 Å². The first-order chi connectivity index (χ1) is 15.6. The summed E-state index contributed by atoms with van der Waals surface area (Å²) in [7, 11) is 0. The zero-order valence-electron chi connectivity index (χ0n) is 18.0. The van der Waals surface area contributed by atoms with Gasteiger partial charge in [-0.15, -0.1) is 0 Å². The molecule has 0 unspecified atom stereocenters. The summed E-state index contributed by atoms with van der Waals surface area (Å²) >= 11 is 0. The summed E-state index contributed by atoms with van der Waals surface area (Å²) in [4.78, 5) is 18.3. The Kier molecular flexibility index (Phi) is 6.47. The summed E-state index contributed by atoms with van der Waals surface area (Å²) in [6.07, 6.45) is 2.41. The second-order valence-electron chi connectivity index (χ2n) is 7.66. The van der Waals surface area contributed by atoms with E-state index in [4.69, 9.17) is 15.0 Å². The molecule has 8 nitrogen and oxygen atoms in total. The fourth-order valence-electron chi connectivity index (χ4n) is 3.79. The van der Waals surface area contributed by atoms with Gasteiger partial charge in [-0.1, -0.05) is 24.2 Å².